The van der Waals surface area contributed by atoms with Gasteiger partial charge in [0.2, 0.25) is 0 Å². The van der Waals surface area contributed by atoms with E-state index >= 15 is 0 Å². The van der Waals surface area contributed by atoms with Crippen LogP contribution >= 0.6 is 23.2 Å². The molecule has 0 saturated carbocycles. The number of benzene rings is 2. The van der Waals surface area contributed by atoms with Gasteiger partial charge in [0.25, 0.3) is 15.7 Å². The molecule has 11 heteroatoms. The van der Waals surface area contributed by atoms with Gasteiger partial charge in [-0.3, -0.25) is 19.2 Å². The van der Waals surface area contributed by atoms with Crippen molar-refractivity contribution >= 4 is 50.6 Å². The molecule has 2 aromatic carbocycles. The molecule has 0 unspecified atom stereocenters. The van der Waals surface area contributed by atoms with Gasteiger partial charge in [0.1, 0.15) is 6.54 Å². The van der Waals surface area contributed by atoms with Gasteiger partial charge in [0.15, 0.2) is 4.90 Å². The summed E-state index contributed by atoms with van der Waals surface area (Å²) >= 11 is 12.2. The van der Waals surface area contributed by atoms with Crippen molar-refractivity contribution in [3.8, 4) is 0 Å². The van der Waals surface area contributed by atoms with Crippen LogP contribution in [0.2, 0.25) is 10.0 Å². The Hall–Kier alpha value is -2.36. The van der Waals surface area contributed by atoms with Crippen LogP contribution in [-0.2, 0) is 19.6 Å². The molecule has 0 aliphatic heterocycles. The third-order valence-electron chi connectivity index (χ3n) is 3.39. The molecule has 0 fully saturated rings. The fourth-order valence-electron chi connectivity index (χ4n) is 2.28. The number of para-hydroxylation sites is 2. The minimum Gasteiger partial charge on any atom is -0.465 e. The number of hydrogen-bond donors (Lipinski definition) is 0. The normalized spacial score (nSPS) is 11.1. The molecule has 0 atom stereocenters. The Morgan fingerprint density at radius 1 is 1.15 bits per heavy atom. The van der Waals surface area contributed by atoms with Crippen LogP contribution in [0.25, 0.3) is 0 Å². The predicted molar refractivity (Wildman–Crippen MR) is 101 cm³/mol. The molecule has 144 valence electrons. The van der Waals surface area contributed by atoms with Crippen LogP contribution < -0.4 is 4.31 Å². The van der Waals surface area contributed by atoms with Crippen molar-refractivity contribution in [2.24, 2.45) is 0 Å². The van der Waals surface area contributed by atoms with E-state index < -0.39 is 38.0 Å². The zero-order chi connectivity index (χ0) is 20.2. The lowest BCUT2D eigenvalue weighted by Gasteiger charge is -2.25. The number of rotatable bonds is 7. The molecule has 8 nitrogen and oxygen atoms in total. The Morgan fingerprint density at radius 2 is 1.74 bits per heavy atom. The standard InChI is InChI=1S/C16H14Cl2N2O6S/c1-2-26-15(21)10-19(16-11(17)6-5-7-12(16)18)27(24,25)14-9-4-3-8-13(14)20(22)23/h3-9H,2,10H2,1H3. The van der Waals surface area contributed by atoms with Gasteiger partial charge >= 0.3 is 5.97 Å². The van der Waals surface area contributed by atoms with Crippen molar-refractivity contribution in [2.75, 3.05) is 17.5 Å². The van der Waals surface area contributed by atoms with Crippen molar-refractivity contribution in [3.05, 3.63) is 62.6 Å². The molecule has 0 aromatic heterocycles. The molecule has 0 bridgehead atoms. The monoisotopic (exact) mass is 432 g/mol. The van der Waals surface area contributed by atoms with Crippen LogP contribution in [0.5, 0.6) is 0 Å². The Balaban J connectivity index is 2.70. The van der Waals surface area contributed by atoms with Gasteiger partial charge in [0.05, 0.1) is 27.3 Å². The van der Waals surface area contributed by atoms with Crippen molar-refractivity contribution in [2.45, 2.75) is 11.8 Å². The summed E-state index contributed by atoms with van der Waals surface area (Å²) in [5.41, 5.74) is -0.818. The summed E-state index contributed by atoms with van der Waals surface area (Å²) in [4.78, 5) is 21.8. The smallest absolute Gasteiger partial charge is 0.326 e. The minimum atomic E-state index is -4.57. The molecule has 0 N–H and O–H groups in total. The second-order valence-electron chi connectivity index (χ2n) is 5.11. The lowest BCUT2D eigenvalue weighted by atomic mass is 10.3. The highest BCUT2D eigenvalue weighted by atomic mass is 35.5. The van der Waals surface area contributed by atoms with Crippen LogP contribution in [0.1, 0.15) is 6.92 Å². The summed E-state index contributed by atoms with van der Waals surface area (Å²) in [5, 5.41) is 11.2. The van der Waals surface area contributed by atoms with Crippen molar-refractivity contribution in [1.29, 1.82) is 0 Å². The van der Waals surface area contributed by atoms with Gasteiger partial charge in [-0.25, -0.2) is 8.42 Å². The van der Waals surface area contributed by atoms with Crippen LogP contribution in [0.4, 0.5) is 11.4 Å². The number of nitro groups is 1. The van der Waals surface area contributed by atoms with E-state index in [0.29, 0.717) is 4.31 Å². The van der Waals surface area contributed by atoms with Gasteiger partial charge in [-0.2, -0.15) is 0 Å². The van der Waals surface area contributed by atoms with Crippen molar-refractivity contribution in [3.63, 3.8) is 0 Å². The number of carbonyl (C=O) groups excluding carboxylic acids is 1. The summed E-state index contributed by atoms with van der Waals surface area (Å²) in [7, 11) is -4.57. The van der Waals surface area contributed by atoms with Crippen LogP contribution in [0.3, 0.4) is 0 Å². The zero-order valence-electron chi connectivity index (χ0n) is 14.0. The second kappa shape index (κ2) is 8.55. The van der Waals surface area contributed by atoms with Crippen molar-refractivity contribution < 1.29 is 22.9 Å². The van der Waals surface area contributed by atoms with E-state index in [4.69, 9.17) is 27.9 Å². The first-order valence-electron chi connectivity index (χ1n) is 7.56. The maximum absolute atomic E-state index is 13.2. The number of carbonyl (C=O) groups is 1. The van der Waals surface area contributed by atoms with Gasteiger partial charge in [0, 0.05) is 6.07 Å². The number of sulfonamides is 1. The zero-order valence-corrected chi connectivity index (χ0v) is 16.3. The highest BCUT2D eigenvalue weighted by Gasteiger charge is 2.35. The summed E-state index contributed by atoms with van der Waals surface area (Å²) in [6.07, 6.45) is 0. The molecule has 0 spiro atoms. The predicted octanol–water partition coefficient (Wildman–Crippen LogP) is 3.66. The van der Waals surface area contributed by atoms with E-state index in [1.165, 1.54) is 30.3 Å². The topological polar surface area (TPSA) is 107 Å². The Bertz CT molecular complexity index is 960. The summed E-state index contributed by atoms with van der Waals surface area (Å²) < 4.78 is 31.8. The number of nitrogens with zero attached hydrogens (tertiary/aromatic N) is 2. The number of halogens is 2. The molecule has 0 aliphatic carbocycles. The number of esters is 1. The van der Waals surface area contributed by atoms with Crippen LogP contribution in [0.15, 0.2) is 47.4 Å². The van der Waals surface area contributed by atoms with Crippen molar-refractivity contribution in [1.82, 2.24) is 0 Å². The summed E-state index contributed by atoms with van der Waals surface area (Å²) in [5.74, 6) is -0.865. The highest BCUT2D eigenvalue weighted by Crippen LogP contribution is 2.38. The third-order valence-corrected chi connectivity index (χ3v) is 5.80. The third kappa shape index (κ3) is 4.49. The number of ether oxygens (including phenoxy) is 1. The summed E-state index contributed by atoms with van der Waals surface area (Å²) in [6.45, 7) is 0.821. The Morgan fingerprint density at radius 3 is 2.30 bits per heavy atom. The molecule has 0 amide bonds. The first-order valence-corrected chi connectivity index (χ1v) is 9.75. The van der Waals surface area contributed by atoms with Crippen LogP contribution in [-0.4, -0.2) is 32.5 Å². The largest absolute Gasteiger partial charge is 0.465 e. The number of anilines is 1. The molecule has 0 saturated heterocycles. The van der Waals surface area contributed by atoms with E-state index in [1.54, 1.807) is 6.92 Å². The van der Waals surface area contributed by atoms with Gasteiger partial charge in [-0.15, -0.1) is 0 Å². The number of hydrogen-bond acceptors (Lipinski definition) is 6. The quantitative estimate of drug-likeness (QED) is 0.375. The fourth-order valence-corrected chi connectivity index (χ4v) is 4.59. The Kier molecular flexibility index (Phi) is 6.63. The molecule has 2 rings (SSSR count). The lowest BCUT2D eigenvalue weighted by molar-refractivity contribution is -0.387. The van der Waals surface area contributed by atoms with Crippen LogP contribution in [0, 0.1) is 10.1 Å². The molecule has 0 radical (unpaired) electrons. The van der Waals surface area contributed by atoms with E-state index in [9.17, 15) is 23.3 Å². The van der Waals surface area contributed by atoms with E-state index in [-0.39, 0.29) is 22.3 Å². The maximum Gasteiger partial charge on any atom is 0.326 e. The highest BCUT2D eigenvalue weighted by molar-refractivity contribution is 7.93. The SMILES string of the molecule is CCOC(=O)CN(c1c(Cl)cccc1Cl)S(=O)(=O)c1ccccc1[N+](=O)[O-]. The van der Waals surface area contributed by atoms with Gasteiger partial charge < -0.3 is 4.74 Å². The molecule has 2 aromatic rings. The minimum absolute atomic E-state index is 0.0223. The molecular weight excluding hydrogens is 419 g/mol. The lowest BCUT2D eigenvalue weighted by Crippen LogP contribution is -2.37. The van der Waals surface area contributed by atoms with Gasteiger partial charge in [-0.1, -0.05) is 41.4 Å². The molecular formula is C16H14Cl2N2O6S. The van der Waals surface area contributed by atoms with E-state index in [1.807, 2.05) is 0 Å². The molecule has 0 aliphatic rings. The van der Waals surface area contributed by atoms with Gasteiger partial charge in [-0.05, 0) is 25.1 Å². The van der Waals surface area contributed by atoms with E-state index in [0.717, 1.165) is 12.1 Å². The first-order chi connectivity index (χ1) is 12.7. The van der Waals surface area contributed by atoms with E-state index in [2.05, 4.69) is 0 Å². The number of nitro benzene ring substituents is 1. The average molecular weight is 433 g/mol. The maximum atomic E-state index is 13.2. The molecule has 27 heavy (non-hydrogen) atoms. The molecule has 0 heterocycles. The first kappa shape index (κ1) is 20.9. The Labute approximate surface area is 165 Å². The fraction of sp³-hybridized carbons (Fsp3) is 0.188. The second-order valence-corrected chi connectivity index (χ2v) is 7.76. The average Bonchev–Trinajstić information content (AvgIpc) is 2.60. The summed E-state index contributed by atoms with van der Waals surface area (Å²) in [6, 6.07) is 9.03.